The first-order valence-corrected chi connectivity index (χ1v) is 7.59. The van der Waals surface area contributed by atoms with Crippen LogP contribution in [0.25, 0.3) is 10.9 Å². The number of pyridine rings is 1. The number of nitriles is 1. The van der Waals surface area contributed by atoms with Gasteiger partial charge in [0.2, 0.25) is 0 Å². The first-order valence-electron chi connectivity index (χ1n) is 6.71. The lowest BCUT2D eigenvalue weighted by Crippen LogP contribution is -2.06. The summed E-state index contributed by atoms with van der Waals surface area (Å²) in [6.07, 6.45) is 0.856. The predicted molar refractivity (Wildman–Crippen MR) is 85.5 cm³/mol. The van der Waals surface area contributed by atoms with E-state index in [-0.39, 0.29) is 0 Å². The Kier molecular flexibility index (Phi) is 3.80. The second kappa shape index (κ2) is 5.90. The van der Waals surface area contributed by atoms with Gasteiger partial charge in [-0.15, -0.1) is 11.3 Å². The topological polar surface area (TPSA) is 61.6 Å². The molecule has 3 rings (SSSR count). The van der Waals surface area contributed by atoms with E-state index in [2.05, 4.69) is 26.7 Å². The van der Waals surface area contributed by atoms with E-state index in [1.807, 2.05) is 31.2 Å². The van der Waals surface area contributed by atoms with Crippen molar-refractivity contribution < 1.29 is 0 Å². The lowest BCUT2D eigenvalue weighted by Gasteiger charge is -2.07. The van der Waals surface area contributed by atoms with E-state index in [9.17, 15) is 5.26 Å². The van der Waals surface area contributed by atoms with Crippen molar-refractivity contribution in [3.8, 4) is 6.07 Å². The summed E-state index contributed by atoms with van der Waals surface area (Å²) in [4.78, 5) is 8.97. The molecule has 0 saturated heterocycles. The largest absolute Gasteiger partial charge is 0.370 e. The Morgan fingerprint density at radius 3 is 2.90 bits per heavy atom. The molecule has 1 N–H and O–H groups in total. The molecule has 0 unspecified atom stereocenters. The molecule has 0 radical (unpaired) electrons. The van der Waals surface area contributed by atoms with Crippen LogP contribution in [0.1, 0.15) is 16.3 Å². The minimum absolute atomic E-state index is 0.646. The van der Waals surface area contributed by atoms with Gasteiger partial charge in [-0.25, -0.2) is 9.97 Å². The standard InChI is InChI=1S/C16H14N4S/c1-11-10-21-16(19-11)6-7-18-15-8-12(9-17)13-4-2-3-5-14(13)20-15/h2-5,8,10H,6-7H2,1H3,(H,18,20). The molecular weight excluding hydrogens is 280 g/mol. The molecule has 0 amide bonds. The number of nitrogens with one attached hydrogen (secondary N) is 1. The molecule has 0 aliphatic carbocycles. The molecule has 0 bridgehead atoms. The quantitative estimate of drug-likeness (QED) is 0.799. The number of aromatic nitrogens is 2. The fourth-order valence-electron chi connectivity index (χ4n) is 2.17. The highest BCUT2D eigenvalue weighted by Crippen LogP contribution is 2.20. The van der Waals surface area contributed by atoms with Crippen LogP contribution < -0.4 is 5.32 Å². The van der Waals surface area contributed by atoms with Gasteiger partial charge in [-0.1, -0.05) is 18.2 Å². The van der Waals surface area contributed by atoms with Gasteiger partial charge >= 0.3 is 0 Å². The van der Waals surface area contributed by atoms with E-state index in [1.54, 1.807) is 17.4 Å². The molecule has 0 fully saturated rings. The minimum atomic E-state index is 0.646. The number of benzene rings is 1. The van der Waals surface area contributed by atoms with Crippen LogP contribution >= 0.6 is 11.3 Å². The number of rotatable bonds is 4. The van der Waals surface area contributed by atoms with Crippen LogP contribution in [0.3, 0.4) is 0 Å². The van der Waals surface area contributed by atoms with Crippen LogP contribution in [0.4, 0.5) is 5.82 Å². The monoisotopic (exact) mass is 294 g/mol. The summed E-state index contributed by atoms with van der Waals surface area (Å²) in [5.41, 5.74) is 2.54. The van der Waals surface area contributed by atoms with Gasteiger partial charge in [0.1, 0.15) is 5.82 Å². The van der Waals surface area contributed by atoms with Gasteiger partial charge in [0.15, 0.2) is 0 Å². The SMILES string of the molecule is Cc1csc(CCNc2cc(C#N)c3ccccc3n2)n1. The van der Waals surface area contributed by atoms with Crippen LogP contribution in [0, 0.1) is 18.3 Å². The van der Waals surface area contributed by atoms with E-state index >= 15 is 0 Å². The molecule has 2 heterocycles. The maximum Gasteiger partial charge on any atom is 0.127 e. The molecule has 0 aliphatic rings. The van der Waals surface area contributed by atoms with E-state index in [0.29, 0.717) is 5.56 Å². The van der Waals surface area contributed by atoms with Crippen molar-refractivity contribution in [1.29, 1.82) is 5.26 Å². The van der Waals surface area contributed by atoms with Crippen molar-refractivity contribution >= 4 is 28.1 Å². The van der Waals surface area contributed by atoms with E-state index < -0.39 is 0 Å². The molecule has 4 nitrogen and oxygen atoms in total. The van der Waals surface area contributed by atoms with E-state index in [4.69, 9.17) is 0 Å². The molecule has 104 valence electrons. The zero-order chi connectivity index (χ0) is 14.7. The van der Waals surface area contributed by atoms with E-state index in [0.717, 1.165) is 40.4 Å². The van der Waals surface area contributed by atoms with Crippen molar-refractivity contribution in [2.24, 2.45) is 0 Å². The fraction of sp³-hybridized carbons (Fsp3) is 0.188. The number of hydrogen-bond donors (Lipinski definition) is 1. The van der Waals surface area contributed by atoms with Gasteiger partial charge in [0.05, 0.1) is 22.2 Å². The summed E-state index contributed by atoms with van der Waals surface area (Å²) < 4.78 is 0. The van der Waals surface area contributed by atoms with Crippen LogP contribution in [0.5, 0.6) is 0 Å². The second-order valence-electron chi connectivity index (χ2n) is 4.74. The van der Waals surface area contributed by atoms with Gasteiger partial charge in [0, 0.05) is 29.4 Å². The van der Waals surface area contributed by atoms with Crippen molar-refractivity contribution in [3.05, 3.63) is 52.0 Å². The van der Waals surface area contributed by atoms with Gasteiger partial charge in [0.25, 0.3) is 0 Å². The summed E-state index contributed by atoms with van der Waals surface area (Å²) in [6.45, 7) is 2.75. The van der Waals surface area contributed by atoms with Gasteiger partial charge in [-0.3, -0.25) is 0 Å². The molecular formula is C16H14N4S. The first-order chi connectivity index (χ1) is 10.3. The predicted octanol–water partition coefficient (Wildman–Crippen LogP) is 3.53. The summed E-state index contributed by atoms with van der Waals surface area (Å²) in [6, 6.07) is 11.7. The molecule has 21 heavy (non-hydrogen) atoms. The molecule has 5 heteroatoms. The third-order valence-corrected chi connectivity index (χ3v) is 4.17. The van der Waals surface area contributed by atoms with Crippen LogP contribution in [0.2, 0.25) is 0 Å². The van der Waals surface area contributed by atoms with E-state index in [1.165, 1.54) is 0 Å². The molecule has 0 atom stereocenters. The van der Waals surface area contributed by atoms with Crippen LogP contribution in [-0.2, 0) is 6.42 Å². The first kappa shape index (κ1) is 13.5. The van der Waals surface area contributed by atoms with Crippen molar-refractivity contribution in [3.63, 3.8) is 0 Å². The lowest BCUT2D eigenvalue weighted by atomic mass is 10.1. The number of fused-ring (bicyclic) bond motifs is 1. The molecule has 2 aromatic heterocycles. The highest BCUT2D eigenvalue weighted by Gasteiger charge is 2.05. The molecule has 0 spiro atoms. The molecule has 3 aromatic rings. The van der Waals surface area contributed by atoms with Gasteiger partial charge in [-0.2, -0.15) is 5.26 Å². The summed E-state index contributed by atoms with van der Waals surface area (Å²) in [7, 11) is 0. The highest BCUT2D eigenvalue weighted by molar-refractivity contribution is 7.09. The maximum absolute atomic E-state index is 9.25. The van der Waals surface area contributed by atoms with Gasteiger partial charge in [-0.05, 0) is 19.1 Å². The number of aryl methyl sites for hydroxylation is 1. The summed E-state index contributed by atoms with van der Waals surface area (Å²) >= 11 is 1.67. The maximum atomic E-state index is 9.25. The minimum Gasteiger partial charge on any atom is -0.370 e. The third kappa shape index (κ3) is 3.01. The number of para-hydroxylation sites is 1. The molecule has 1 aromatic carbocycles. The molecule has 0 aliphatic heterocycles. The number of nitrogens with zero attached hydrogens (tertiary/aromatic N) is 3. The second-order valence-corrected chi connectivity index (χ2v) is 5.69. The third-order valence-electron chi connectivity index (χ3n) is 3.15. The van der Waals surface area contributed by atoms with Crippen LogP contribution in [0.15, 0.2) is 35.7 Å². The zero-order valence-electron chi connectivity index (χ0n) is 11.6. The Morgan fingerprint density at radius 1 is 1.29 bits per heavy atom. The summed E-state index contributed by atoms with van der Waals surface area (Å²) in [5.74, 6) is 0.735. The number of thiazole rings is 1. The summed E-state index contributed by atoms with van der Waals surface area (Å²) in [5, 5.41) is 16.6. The van der Waals surface area contributed by atoms with Crippen molar-refractivity contribution in [2.45, 2.75) is 13.3 Å². The Balaban J connectivity index is 1.76. The lowest BCUT2D eigenvalue weighted by molar-refractivity contribution is 0.980. The Hall–Kier alpha value is -2.45. The Labute approximate surface area is 127 Å². The highest BCUT2D eigenvalue weighted by atomic mass is 32.1. The molecule has 0 saturated carbocycles. The Morgan fingerprint density at radius 2 is 2.14 bits per heavy atom. The fourth-order valence-corrected chi connectivity index (χ4v) is 2.95. The number of anilines is 1. The number of hydrogen-bond acceptors (Lipinski definition) is 5. The normalized spacial score (nSPS) is 10.5. The Bertz CT molecular complexity index is 817. The average Bonchev–Trinajstić information content (AvgIpc) is 2.92. The van der Waals surface area contributed by atoms with Crippen LogP contribution in [-0.4, -0.2) is 16.5 Å². The zero-order valence-corrected chi connectivity index (χ0v) is 12.4. The smallest absolute Gasteiger partial charge is 0.127 e. The van der Waals surface area contributed by atoms with Crippen molar-refractivity contribution in [1.82, 2.24) is 9.97 Å². The van der Waals surface area contributed by atoms with Crippen molar-refractivity contribution in [2.75, 3.05) is 11.9 Å². The van der Waals surface area contributed by atoms with Gasteiger partial charge < -0.3 is 5.32 Å². The average molecular weight is 294 g/mol.